The molecule has 0 aromatic carbocycles. The van der Waals surface area contributed by atoms with Gasteiger partial charge in [-0.25, -0.2) is 9.78 Å². The zero-order valence-corrected chi connectivity index (χ0v) is 10.4. The number of thiazole rings is 1. The number of urea groups is 1. The Labute approximate surface area is 103 Å². The maximum atomic E-state index is 11.6. The molecule has 0 spiro atoms. The summed E-state index contributed by atoms with van der Waals surface area (Å²) in [4.78, 5) is 27.4. The zero-order chi connectivity index (χ0) is 12.7. The second kappa shape index (κ2) is 6.85. The first-order valence-electron chi connectivity index (χ1n) is 5.17. The van der Waals surface area contributed by atoms with Crippen LogP contribution in [0.25, 0.3) is 0 Å². The van der Waals surface area contributed by atoms with E-state index in [9.17, 15) is 9.59 Å². The van der Waals surface area contributed by atoms with Crippen molar-refractivity contribution in [2.45, 2.75) is 19.4 Å². The van der Waals surface area contributed by atoms with E-state index in [1.54, 1.807) is 12.6 Å². The summed E-state index contributed by atoms with van der Waals surface area (Å²) in [6, 6.07) is -0.219. The van der Waals surface area contributed by atoms with E-state index in [0.717, 1.165) is 5.69 Å². The number of nitrogens with zero attached hydrogens (tertiary/aromatic N) is 2. The summed E-state index contributed by atoms with van der Waals surface area (Å²) in [6.45, 7) is 0.820. The number of hydrogen-bond acceptors (Lipinski definition) is 4. The lowest BCUT2D eigenvalue weighted by molar-refractivity contribution is -0.137. The average molecular weight is 257 g/mol. The molecule has 0 atom stereocenters. The third kappa shape index (κ3) is 5.30. The molecule has 2 N–H and O–H groups in total. The third-order valence-corrected chi connectivity index (χ3v) is 2.71. The highest BCUT2D eigenvalue weighted by molar-refractivity contribution is 7.07. The molecular formula is C10H15N3O3S. The average Bonchev–Trinajstić information content (AvgIpc) is 2.76. The fourth-order valence-corrected chi connectivity index (χ4v) is 1.75. The fraction of sp³-hybridized carbons (Fsp3) is 0.500. The van der Waals surface area contributed by atoms with E-state index in [0.29, 0.717) is 19.5 Å². The van der Waals surface area contributed by atoms with E-state index >= 15 is 0 Å². The van der Waals surface area contributed by atoms with E-state index in [4.69, 9.17) is 5.11 Å². The Morgan fingerprint density at radius 2 is 2.35 bits per heavy atom. The molecule has 0 bridgehead atoms. The van der Waals surface area contributed by atoms with Gasteiger partial charge in [-0.05, 0) is 6.42 Å². The van der Waals surface area contributed by atoms with Crippen molar-refractivity contribution >= 4 is 23.3 Å². The molecule has 0 aliphatic rings. The molecule has 1 aromatic rings. The van der Waals surface area contributed by atoms with Crippen LogP contribution in [0.4, 0.5) is 4.79 Å². The molecule has 6 nitrogen and oxygen atoms in total. The lowest BCUT2D eigenvalue weighted by atomic mass is 10.3. The van der Waals surface area contributed by atoms with Gasteiger partial charge in [0.1, 0.15) is 0 Å². The number of carbonyl (C=O) groups excluding carboxylic acids is 1. The predicted molar refractivity (Wildman–Crippen MR) is 63.8 cm³/mol. The maximum Gasteiger partial charge on any atom is 0.317 e. The normalized spacial score (nSPS) is 9.94. The summed E-state index contributed by atoms with van der Waals surface area (Å²) in [7, 11) is 1.67. The highest BCUT2D eigenvalue weighted by Gasteiger charge is 2.09. The summed E-state index contributed by atoms with van der Waals surface area (Å²) < 4.78 is 0. The van der Waals surface area contributed by atoms with Crippen molar-refractivity contribution in [2.75, 3.05) is 13.6 Å². The maximum absolute atomic E-state index is 11.6. The molecule has 1 heterocycles. The Bertz CT molecular complexity index is 367. The van der Waals surface area contributed by atoms with Crippen LogP contribution in [0.1, 0.15) is 18.5 Å². The van der Waals surface area contributed by atoms with Gasteiger partial charge in [-0.3, -0.25) is 4.79 Å². The number of carbonyl (C=O) groups is 2. The Morgan fingerprint density at radius 1 is 1.59 bits per heavy atom. The Balaban J connectivity index is 2.20. The summed E-state index contributed by atoms with van der Waals surface area (Å²) >= 11 is 1.48. The summed E-state index contributed by atoms with van der Waals surface area (Å²) in [5.41, 5.74) is 2.56. The van der Waals surface area contributed by atoms with Gasteiger partial charge in [-0.15, -0.1) is 11.3 Å². The highest BCUT2D eigenvalue weighted by atomic mass is 32.1. The number of amides is 2. The van der Waals surface area contributed by atoms with Crippen molar-refractivity contribution in [1.29, 1.82) is 0 Å². The lowest BCUT2D eigenvalue weighted by Gasteiger charge is -2.16. The van der Waals surface area contributed by atoms with Crippen LogP contribution in [0.2, 0.25) is 0 Å². The Kier molecular flexibility index (Phi) is 5.41. The largest absolute Gasteiger partial charge is 0.481 e. The van der Waals surface area contributed by atoms with Crippen molar-refractivity contribution in [3.8, 4) is 0 Å². The van der Waals surface area contributed by atoms with Crippen LogP contribution in [-0.2, 0) is 11.3 Å². The Hall–Kier alpha value is -1.63. The van der Waals surface area contributed by atoms with Crippen molar-refractivity contribution in [1.82, 2.24) is 15.2 Å². The summed E-state index contributed by atoms with van der Waals surface area (Å²) in [5, 5.41) is 13.0. The molecule has 0 radical (unpaired) electrons. The first-order chi connectivity index (χ1) is 8.09. The minimum atomic E-state index is -0.852. The molecule has 0 saturated carbocycles. The number of rotatable bonds is 6. The van der Waals surface area contributed by atoms with E-state index in [1.165, 1.54) is 16.2 Å². The molecule has 1 rings (SSSR count). The van der Waals surface area contributed by atoms with Crippen LogP contribution in [0.5, 0.6) is 0 Å². The monoisotopic (exact) mass is 257 g/mol. The van der Waals surface area contributed by atoms with Gasteiger partial charge >= 0.3 is 12.0 Å². The van der Waals surface area contributed by atoms with Gasteiger partial charge < -0.3 is 15.3 Å². The molecule has 1 aromatic heterocycles. The topological polar surface area (TPSA) is 82.5 Å². The third-order valence-electron chi connectivity index (χ3n) is 2.07. The number of carboxylic acid groups (broad SMARTS) is 1. The molecule has 2 amide bonds. The number of nitrogens with one attached hydrogen (secondary N) is 1. The van der Waals surface area contributed by atoms with E-state index in [2.05, 4.69) is 10.3 Å². The first-order valence-corrected chi connectivity index (χ1v) is 6.11. The minimum Gasteiger partial charge on any atom is -0.481 e. The molecule has 0 aliphatic heterocycles. The molecule has 0 aliphatic carbocycles. The first kappa shape index (κ1) is 13.4. The van der Waals surface area contributed by atoms with Gasteiger partial charge in [0.05, 0.1) is 17.7 Å². The number of aromatic nitrogens is 1. The fourth-order valence-electron chi connectivity index (χ4n) is 1.20. The summed E-state index contributed by atoms with van der Waals surface area (Å²) in [6.07, 6.45) is 0.502. The van der Waals surface area contributed by atoms with E-state index in [1.807, 2.05) is 5.38 Å². The molecule has 17 heavy (non-hydrogen) atoms. The molecule has 94 valence electrons. The van der Waals surface area contributed by atoms with Crippen LogP contribution >= 0.6 is 11.3 Å². The lowest BCUT2D eigenvalue weighted by Crippen LogP contribution is -2.37. The van der Waals surface area contributed by atoms with Crippen molar-refractivity contribution in [3.05, 3.63) is 16.6 Å². The quantitative estimate of drug-likeness (QED) is 0.749. The van der Waals surface area contributed by atoms with Gasteiger partial charge in [0.2, 0.25) is 0 Å². The van der Waals surface area contributed by atoms with Gasteiger partial charge in [0, 0.05) is 25.4 Å². The van der Waals surface area contributed by atoms with Gasteiger partial charge in [0.15, 0.2) is 0 Å². The zero-order valence-electron chi connectivity index (χ0n) is 9.55. The van der Waals surface area contributed by atoms with Crippen LogP contribution < -0.4 is 5.32 Å². The minimum absolute atomic E-state index is 0.0656. The van der Waals surface area contributed by atoms with Crippen LogP contribution in [0, 0.1) is 0 Å². The van der Waals surface area contributed by atoms with Crippen molar-refractivity contribution in [3.63, 3.8) is 0 Å². The van der Waals surface area contributed by atoms with Crippen LogP contribution in [-0.4, -0.2) is 40.6 Å². The number of aliphatic carboxylic acids is 1. The number of carboxylic acids is 1. The highest BCUT2D eigenvalue weighted by Crippen LogP contribution is 2.03. The second-order valence-electron chi connectivity index (χ2n) is 3.57. The van der Waals surface area contributed by atoms with Gasteiger partial charge in [-0.2, -0.15) is 0 Å². The van der Waals surface area contributed by atoms with E-state index in [-0.39, 0.29) is 12.5 Å². The van der Waals surface area contributed by atoms with Gasteiger partial charge in [-0.1, -0.05) is 0 Å². The smallest absolute Gasteiger partial charge is 0.317 e. The standard InChI is InChI=1S/C10H15N3O3S/c1-13(5-8-6-17-7-12-8)10(16)11-4-2-3-9(14)15/h6-7H,2-5H2,1H3,(H,11,16)(H,14,15). The SMILES string of the molecule is CN(Cc1cscn1)C(=O)NCCCC(=O)O. The van der Waals surface area contributed by atoms with Crippen molar-refractivity contribution < 1.29 is 14.7 Å². The number of hydrogen-bond donors (Lipinski definition) is 2. The molecule has 0 unspecified atom stereocenters. The van der Waals surface area contributed by atoms with Crippen molar-refractivity contribution in [2.24, 2.45) is 0 Å². The van der Waals surface area contributed by atoms with Crippen LogP contribution in [0.3, 0.4) is 0 Å². The molecule has 0 saturated heterocycles. The molecule has 7 heteroatoms. The Morgan fingerprint density at radius 3 is 2.94 bits per heavy atom. The second-order valence-corrected chi connectivity index (χ2v) is 4.28. The molecule has 0 fully saturated rings. The van der Waals surface area contributed by atoms with Crippen LogP contribution in [0.15, 0.2) is 10.9 Å². The summed E-state index contributed by atoms with van der Waals surface area (Å²) in [5.74, 6) is -0.852. The van der Waals surface area contributed by atoms with E-state index < -0.39 is 5.97 Å². The molecular weight excluding hydrogens is 242 g/mol. The predicted octanol–water partition coefficient (Wildman–Crippen LogP) is 1.15. The van der Waals surface area contributed by atoms with Gasteiger partial charge in [0.25, 0.3) is 0 Å².